The van der Waals surface area contributed by atoms with E-state index in [0.717, 1.165) is 18.7 Å². The Hall–Kier alpha value is -1.26. The van der Waals surface area contributed by atoms with E-state index in [0.29, 0.717) is 18.0 Å². The van der Waals surface area contributed by atoms with Crippen molar-refractivity contribution >= 4 is 5.69 Å². The Morgan fingerprint density at radius 1 is 1.40 bits per heavy atom. The van der Waals surface area contributed by atoms with E-state index in [1.807, 2.05) is 14.1 Å². The number of anilines is 1. The van der Waals surface area contributed by atoms with Gasteiger partial charge >= 0.3 is 0 Å². The smallest absolute Gasteiger partial charge is 0.120 e. The average molecular weight is 209 g/mol. The summed E-state index contributed by atoms with van der Waals surface area (Å²) in [6.45, 7) is 2.51. The van der Waals surface area contributed by atoms with Crippen LogP contribution in [0.2, 0.25) is 0 Å². The molecule has 0 bridgehead atoms. The average Bonchev–Trinajstić information content (AvgIpc) is 2.17. The Labute approximate surface area is 90.7 Å². The number of aromatic hydroxyl groups is 1. The van der Waals surface area contributed by atoms with Gasteiger partial charge in [0.25, 0.3) is 0 Å². The molecular formula is C11H19N3O. The summed E-state index contributed by atoms with van der Waals surface area (Å²) in [5.74, 6) is 0.293. The third-order valence-electron chi connectivity index (χ3n) is 2.15. The van der Waals surface area contributed by atoms with E-state index in [4.69, 9.17) is 5.73 Å². The zero-order valence-corrected chi connectivity index (χ0v) is 9.33. The number of phenols is 1. The molecule has 0 aliphatic rings. The van der Waals surface area contributed by atoms with Gasteiger partial charge in [0, 0.05) is 30.9 Å². The molecular weight excluding hydrogens is 190 g/mol. The number of hydrogen-bond donors (Lipinski definition) is 3. The van der Waals surface area contributed by atoms with Gasteiger partial charge in [-0.2, -0.15) is 0 Å². The molecule has 0 saturated heterocycles. The van der Waals surface area contributed by atoms with Crippen LogP contribution in [-0.2, 0) is 6.54 Å². The molecule has 0 fully saturated rings. The molecule has 0 spiro atoms. The summed E-state index contributed by atoms with van der Waals surface area (Å²) in [4.78, 5) is 2.10. The van der Waals surface area contributed by atoms with Gasteiger partial charge in [-0.05, 0) is 32.3 Å². The van der Waals surface area contributed by atoms with Crippen LogP contribution >= 0.6 is 0 Å². The first-order valence-corrected chi connectivity index (χ1v) is 5.02. The Bertz CT molecular complexity index is 313. The summed E-state index contributed by atoms with van der Waals surface area (Å²) in [7, 11) is 4.05. The van der Waals surface area contributed by atoms with Crippen molar-refractivity contribution < 1.29 is 5.11 Å². The lowest BCUT2D eigenvalue weighted by molar-refractivity contribution is 0.398. The van der Waals surface area contributed by atoms with Gasteiger partial charge in [0.2, 0.25) is 0 Å². The molecule has 0 aliphatic carbocycles. The highest BCUT2D eigenvalue weighted by Gasteiger charge is 2.00. The van der Waals surface area contributed by atoms with Gasteiger partial charge in [-0.3, -0.25) is 0 Å². The Balaban J connectivity index is 2.40. The van der Waals surface area contributed by atoms with Crippen LogP contribution in [0.4, 0.5) is 5.69 Å². The van der Waals surface area contributed by atoms with Crippen LogP contribution in [0.5, 0.6) is 5.75 Å². The van der Waals surface area contributed by atoms with E-state index in [1.54, 1.807) is 18.2 Å². The van der Waals surface area contributed by atoms with Crippen LogP contribution in [-0.4, -0.2) is 37.2 Å². The number of nitrogens with two attached hydrogens (primary N) is 1. The van der Waals surface area contributed by atoms with Gasteiger partial charge in [0.1, 0.15) is 5.75 Å². The predicted molar refractivity (Wildman–Crippen MR) is 62.8 cm³/mol. The van der Waals surface area contributed by atoms with E-state index in [-0.39, 0.29) is 0 Å². The zero-order chi connectivity index (χ0) is 11.3. The van der Waals surface area contributed by atoms with Gasteiger partial charge in [0.15, 0.2) is 0 Å². The number of benzene rings is 1. The number of hydrogen-bond acceptors (Lipinski definition) is 4. The van der Waals surface area contributed by atoms with Crippen LogP contribution < -0.4 is 11.1 Å². The van der Waals surface area contributed by atoms with Crippen LogP contribution in [0.15, 0.2) is 18.2 Å². The van der Waals surface area contributed by atoms with Crippen molar-refractivity contribution in [2.24, 2.45) is 0 Å². The fraction of sp³-hybridized carbons (Fsp3) is 0.455. The van der Waals surface area contributed by atoms with Crippen LogP contribution in [0.3, 0.4) is 0 Å². The maximum absolute atomic E-state index is 9.54. The van der Waals surface area contributed by atoms with E-state index < -0.39 is 0 Å². The number of nitrogens with zero attached hydrogens (tertiary/aromatic N) is 1. The van der Waals surface area contributed by atoms with E-state index in [2.05, 4.69) is 10.2 Å². The third-order valence-corrected chi connectivity index (χ3v) is 2.15. The summed E-state index contributed by atoms with van der Waals surface area (Å²) < 4.78 is 0. The van der Waals surface area contributed by atoms with Crippen molar-refractivity contribution in [3.63, 3.8) is 0 Å². The van der Waals surface area contributed by atoms with Crippen LogP contribution in [0.25, 0.3) is 0 Å². The summed E-state index contributed by atoms with van der Waals surface area (Å²) in [5, 5.41) is 12.8. The normalized spacial score (nSPS) is 10.9. The largest absolute Gasteiger partial charge is 0.508 e. The van der Waals surface area contributed by atoms with Crippen LogP contribution in [0.1, 0.15) is 5.56 Å². The molecule has 0 aromatic heterocycles. The molecule has 84 valence electrons. The summed E-state index contributed by atoms with van der Waals surface area (Å²) in [6, 6.07) is 5.11. The van der Waals surface area contributed by atoms with E-state index in [1.165, 1.54) is 0 Å². The molecule has 4 N–H and O–H groups in total. The molecule has 4 heteroatoms. The van der Waals surface area contributed by atoms with Crippen LogP contribution in [0, 0.1) is 0 Å². The maximum Gasteiger partial charge on any atom is 0.120 e. The molecule has 0 aliphatic heterocycles. The number of nitrogen functional groups attached to an aromatic ring is 1. The number of nitrogens with one attached hydrogen (secondary N) is 1. The molecule has 0 atom stereocenters. The van der Waals surface area contributed by atoms with E-state index >= 15 is 0 Å². The molecule has 1 aromatic rings. The molecule has 4 nitrogen and oxygen atoms in total. The minimum absolute atomic E-state index is 0.293. The fourth-order valence-electron chi connectivity index (χ4n) is 1.27. The fourth-order valence-corrected chi connectivity index (χ4v) is 1.27. The summed E-state index contributed by atoms with van der Waals surface area (Å²) >= 11 is 0. The highest BCUT2D eigenvalue weighted by atomic mass is 16.3. The van der Waals surface area contributed by atoms with Crippen molar-refractivity contribution in [2.45, 2.75) is 6.54 Å². The number of likely N-dealkylation sites (N-methyl/N-ethyl adjacent to an activating group) is 1. The molecule has 1 aromatic carbocycles. The maximum atomic E-state index is 9.54. The summed E-state index contributed by atoms with van der Waals surface area (Å²) in [6.07, 6.45) is 0. The van der Waals surface area contributed by atoms with Gasteiger partial charge < -0.3 is 21.1 Å². The molecule has 0 saturated carbocycles. The SMILES string of the molecule is CN(C)CCNCc1cc(N)ccc1O. The van der Waals surface area contributed by atoms with Crippen molar-refractivity contribution in [1.29, 1.82) is 0 Å². The minimum Gasteiger partial charge on any atom is -0.508 e. The second-order valence-corrected chi connectivity index (χ2v) is 3.87. The van der Waals surface area contributed by atoms with Crippen molar-refractivity contribution in [3.8, 4) is 5.75 Å². The standard InChI is InChI=1S/C11H19N3O/c1-14(2)6-5-13-8-9-7-10(12)3-4-11(9)15/h3-4,7,13,15H,5-6,8,12H2,1-2H3. The van der Waals surface area contributed by atoms with Crippen molar-refractivity contribution in [2.75, 3.05) is 32.9 Å². The second kappa shape index (κ2) is 5.58. The molecule has 0 radical (unpaired) electrons. The molecule has 15 heavy (non-hydrogen) atoms. The molecule has 1 rings (SSSR count). The van der Waals surface area contributed by atoms with Gasteiger partial charge in [-0.15, -0.1) is 0 Å². The topological polar surface area (TPSA) is 61.5 Å². The van der Waals surface area contributed by atoms with Crippen molar-refractivity contribution in [1.82, 2.24) is 10.2 Å². The first-order chi connectivity index (χ1) is 7.09. The lowest BCUT2D eigenvalue weighted by atomic mass is 10.2. The minimum atomic E-state index is 0.293. The third kappa shape index (κ3) is 4.18. The lowest BCUT2D eigenvalue weighted by Crippen LogP contribution is -2.26. The van der Waals surface area contributed by atoms with Gasteiger partial charge in [0.05, 0.1) is 0 Å². The monoisotopic (exact) mass is 209 g/mol. The molecule has 0 heterocycles. The number of phenolic OH excluding ortho intramolecular Hbond substituents is 1. The van der Waals surface area contributed by atoms with Crippen molar-refractivity contribution in [3.05, 3.63) is 23.8 Å². The number of rotatable bonds is 5. The first kappa shape index (κ1) is 11.8. The Morgan fingerprint density at radius 3 is 2.80 bits per heavy atom. The van der Waals surface area contributed by atoms with Gasteiger partial charge in [-0.25, -0.2) is 0 Å². The van der Waals surface area contributed by atoms with Gasteiger partial charge in [-0.1, -0.05) is 0 Å². The highest BCUT2D eigenvalue weighted by molar-refractivity contribution is 5.47. The lowest BCUT2D eigenvalue weighted by Gasteiger charge is -2.11. The Morgan fingerprint density at radius 2 is 2.13 bits per heavy atom. The predicted octanol–water partition coefficient (Wildman–Crippen LogP) is 0.626. The quantitative estimate of drug-likeness (QED) is 0.378. The molecule has 0 unspecified atom stereocenters. The van der Waals surface area contributed by atoms with E-state index in [9.17, 15) is 5.11 Å². The zero-order valence-electron chi connectivity index (χ0n) is 9.33. The Kier molecular flexibility index (Phi) is 4.39. The molecule has 0 amide bonds. The first-order valence-electron chi connectivity index (χ1n) is 5.02. The second-order valence-electron chi connectivity index (χ2n) is 3.87. The summed E-state index contributed by atoms with van der Waals surface area (Å²) in [5.41, 5.74) is 7.15. The highest BCUT2D eigenvalue weighted by Crippen LogP contribution is 2.19.